The van der Waals surface area contributed by atoms with Gasteiger partial charge in [-0.25, -0.2) is 27.9 Å². The van der Waals surface area contributed by atoms with Gasteiger partial charge in [-0.15, -0.1) is 0 Å². The summed E-state index contributed by atoms with van der Waals surface area (Å²) in [4.78, 5) is 38.9. The summed E-state index contributed by atoms with van der Waals surface area (Å²) >= 11 is 7.40. The summed E-state index contributed by atoms with van der Waals surface area (Å²) in [5, 5.41) is 16.0. The lowest BCUT2D eigenvalue weighted by Crippen LogP contribution is -2.41. The summed E-state index contributed by atoms with van der Waals surface area (Å²) in [6, 6.07) is 10.1. The average Bonchev–Trinajstić information content (AvgIpc) is 3.31. The van der Waals surface area contributed by atoms with Crippen LogP contribution in [0, 0.1) is 23.0 Å². The topological polar surface area (TPSA) is 131 Å². The van der Waals surface area contributed by atoms with Gasteiger partial charge in [0.2, 0.25) is 5.95 Å². The smallest absolute Gasteiger partial charge is 0.359 e. The number of hydrogen-bond donors (Lipinski definition) is 2. The molecule has 2 N–H and O–H groups in total. The van der Waals surface area contributed by atoms with Crippen molar-refractivity contribution in [3.8, 4) is 11.8 Å². The van der Waals surface area contributed by atoms with Gasteiger partial charge < -0.3 is 10.6 Å². The number of pyridine rings is 1. The number of anilines is 3. The van der Waals surface area contributed by atoms with Crippen LogP contribution in [0.15, 0.2) is 58.4 Å². The van der Waals surface area contributed by atoms with Gasteiger partial charge in [-0.2, -0.15) is 10.2 Å². The number of nitriles is 1. The van der Waals surface area contributed by atoms with Gasteiger partial charge in [-0.05, 0) is 42.0 Å². The zero-order valence-electron chi connectivity index (χ0n) is 19.4. The molecule has 0 atom stereocenters. The van der Waals surface area contributed by atoms with Crippen molar-refractivity contribution in [1.82, 2.24) is 24.1 Å². The maximum absolute atomic E-state index is 14.2. The predicted octanol–water partition coefficient (Wildman–Crippen LogP) is 4.04. The third-order valence-corrected chi connectivity index (χ3v) is 6.67. The first kappa shape index (κ1) is 25.0. The molecule has 0 saturated heterocycles. The highest BCUT2D eigenvalue weighted by Gasteiger charge is 2.18. The van der Waals surface area contributed by atoms with Crippen molar-refractivity contribution in [2.24, 2.45) is 0 Å². The van der Waals surface area contributed by atoms with Crippen molar-refractivity contribution in [1.29, 1.82) is 5.26 Å². The Labute approximate surface area is 221 Å². The second-order valence-corrected chi connectivity index (χ2v) is 9.38. The minimum absolute atomic E-state index is 0.0639. The molecule has 190 valence electrons. The van der Waals surface area contributed by atoms with E-state index in [4.69, 9.17) is 11.6 Å². The first-order valence-electron chi connectivity index (χ1n) is 10.9. The molecule has 0 radical (unpaired) electrons. The molecule has 14 heteroatoms. The molecular formula is C24H15ClF2N8O2S. The lowest BCUT2D eigenvalue weighted by Gasteiger charge is -2.16. The van der Waals surface area contributed by atoms with E-state index < -0.39 is 28.6 Å². The van der Waals surface area contributed by atoms with E-state index in [2.05, 4.69) is 25.6 Å². The maximum atomic E-state index is 14.2. The Morgan fingerprint density at radius 3 is 2.68 bits per heavy atom. The summed E-state index contributed by atoms with van der Waals surface area (Å²) in [7, 11) is 1.75. The number of halogens is 3. The standard InChI is InChI=1S/C24H15ClF2N8O2S/c1-29-22-32-18-3-2-15(7-19(18)38-22)31-21-33-23(36)35(16-6-14(25)9-30-10-16)24(37)34(21)11-12-4-13(8-28)20(27)17(26)5-12/h2-7,9-10H,11H2,1H3,(H,29,32)(H,31,33,36). The molecule has 0 saturated carbocycles. The van der Waals surface area contributed by atoms with Gasteiger partial charge in [-0.1, -0.05) is 22.9 Å². The van der Waals surface area contributed by atoms with Gasteiger partial charge in [0, 0.05) is 18.9 Å². The Morgan fingerprint density at radius 1 is 1.13 bits per heavy atom. The Bertz CT molecular complexity index is 1880. The van der Waals surface area contributed by atoms with Crippen LogP contribution in [0.5, 0.6) is 0 Å². The van der Waals surface area contributed by atoms with Crippen LogP contribution in [-0.4, -0.2) is 31.1 Å². The number of hydrogen-bond acceptors (Lipinski definition) is 9. The first-order valence-corrected chi connectivity index (χ1v) is 12.0. The van der Waals surface area contributed by atoms with Crippen LogP contribution in [0.25, 0.3) is 15.9 Å². The summed E-state index contributed by atoms with van der Waals surface area (Å²) in [6.07, 6.45) is 2.59. The number of thiazole rings is 1. The molecule has 5 aromatic rings. The zero-order valence-corrected chi connectivity index (χ0v) is 20.9. The molecule has 0 aliphatic rings. The van der Waals surface area contributed by atoms with Crippen molar-refractivity contribution in [2.75, 3.05) is 17.7 Å². The van der Waals surface area contributed by atoms with E-state index in [0.29, 0.717) is 10.8 Å². The largest absolute Gasteiger partial charge is 0.365 e. The highest BCUT2D eigenvalue weighted by molar-refractivity contribution is 7.22. The molecule has 10 nitrogen and oxygen atoms in total. The Hall–Kier alpha value is -4.67. The van der Waals surface area contributed by atoms with E-state index in [9.17, 15) is 23.6 Å². The highest BCUT2D eigenvalue weighted by atomic mass is 35.5. The van der Waals surface area contributed by atoms with E-state index in [-0.39, 0.29) is 28.8 Å². The van der Waals surface area contributed by atoms with Crippen LogP contribution in [0.2, 0.25) is 5.02 Å². The normalized spacial score (nSPS) is 10.9. The Balaban J connectivity index is 1.67. The van der Waals surface area contributed by atoms with Crippen LogP contribution < -0.4 is 22.0 Å². The van der Waals surface area contributed by atoms with Crippen LogP contribution in [-0.2, 0) is 6.54 Å². The van der Waals surface area contributed by atoms with E-state index >= 15 is 0 Å². The van der Waals surface area contributed by atoms with Gasteiger partial charge in [-0.3, -0.25) is 9.55 Å². The summed E-state index contributed by atoms with van der Waals surface area (Å²) in [5.41, 5.74) is -0.904. The van der Waals surface area contributed by atoms with Crippen molar-refractivity contribution < 1.29 is 8.78 Å². The molecule has 0 amide bonds. The second kappa shape index (κ2) is 10.0. The Morgan fingerprint density at radius 2 is 1.95 bits per heavy atom. The summed E-state index contributed by atoms with van der Waals surface area (Å²) in [5.74, 6) is -2.71. The number of nitrogens with one attached hydrogen (secondary N) is 2. The summed E-state index contributed by atoms with van der Waals surface area (Å²) < 4.78 is 30.7. The molecule has 5 rings (SSSR count). The van der Waals surface area contributed by atoms with Gasteiger partial charge in [0.15, 0.2) is 16.8 Å². The van der Waals surface area contributed by atoms with E-state index in [1.807, 2.05) is 0 Å². The Kier molecular flexibility index (Phi) is 6.58. The number of benzene rings is 2. The molecule has 0 aliphatic carbocycles. The third-order valence-electron chi connectivity index (χ3n) is 5.43. The van der Waals surface area contributed by atoms with Gasteiger partial charge >= 0.3 is 11.4 Å². The zero-order chi connectivity index (χ0) is 27.0. The second-order valence-electron chi connectivity index (χ2n) is 7.91. The molecule has 0 bridgehead atoms. The van der Waals surface area contributed by atoms with Gasteiger partial charge in [0.05, 0.1) is 39.2 Å². The van der Waals surface area contributed by atoms with E-state index in [0.717, 1.165) is 31.5 Å². The van der Waals surface area contributed by atoms with Crippen molar-refractivity contribution in [3.05, 3.63) is 97.5 Å². The third kappa shape index (κ3) is 4.70. The molecule has 0 unspecified atom stereocenters. The number of rotatable bonds is 6. The molecular weight excluding hydrogens is 538 g/mol. The lowest BCUT2D eigenvalue weighted by molar-refractivity contribution is 0.503. The first-order chi connectivity index (χ1) is 18.3. The van der Waals surface area contributed by atoms with Crippen molar-refractivity contribution in [3.63, 3.8) is 0 Å². The molecule has 38 heavy (non-hydrogen) atoms. The quantitative estimate of drug-likeness (QED) is 0.323. The van der Waals surface area contributed by atoms with E-state index in [1.54, 1.807) is 31.3 Å². The number of fused-ring (bicyclic) bond motifs is 1. The van der Waals surface area contributed by atoms with Gasteiger partial charge in [0.1, 0.15) is 6.07 Å². The number of aromatic nitrogens is 5. The van der Waals surface area contributed by atoms with E-state index in [1.165, 1.54) is 29.8 Å². The molecule has 3 heterocycles. The molecule has 0 spiro atoms. The maximum Gasteiger partial charge on any atom is 0.359 e. The minimum Gasteiger partial charge on any atom is -0.365 e. The molecule has 0 aliphatic heterocycles. The molecule has 3 aromatic heterocycles. The summed E-state index contributed by atoms with van der Waals surface area (Å²) in [6.45, 7) is -0.346. The van der Waals surface area contributed by atoms with Crippen LogP contribution in [0.4, 0.5) is 25.5 Å². The SMILES string of the molecule is CNc1nc2ccc(Nc3nc(=O)n(-c4cncc(Cl)c4)c(=O)n3Cc3cc(F)c(F)c(C#N)c3)cc2s1. The predicted molar refractivity (Wildman–Crippen MR) is 140 cm³/mol. The minimum atomic E-state index is -1.30. The van der Waals surface area contributed by atoms with Gasteiger partial charge in [0.25, 0.3) is 0 Å². The fraction of sp³-hybridized carbons (Fsp3) is 0.0833. The molecule has 0 fully saturated rings. The molecule has 2 aromatic carbocycles. The highest BCUT2D eigenvalue weighted by Crippen LogP contribution is 2.29. The fourth-order valence-corrected chi connectivity index (χ4v) is 4.74. The lowest BCUT2D eigenvalue weighted by atomic mass is 10.1. The van der Waals surface area contributed by atoms with Crippen LogP contribution in [0.3, 0.4) is 0 Å². The fourth-order valence-electron chi connectivity index (χ4n) is 3.71. The average molecular weight is 553 g/mol. The van der Waals surface area contributed by atoms with Crippen molar-refractivity contribution in [2.45, 2.75) is 6.54 Å². The van der Waals surface area contributed by atoms with Crippen LogP contribution in [0.1, 0.15) is 11.1 Å². The number of nitrogens with zero attached hydrogens (tertiary/aromatic N) is 6. The van der Waals surface area contributed by atoms with Crippen molar-refractivity contribution >= 4 is 49.9 Å². The van der Waals surface area contributed by atoms with Crippen LogP contribution >= 0.6 is 22.9 Å². The monoisotopic (exact) mass is 552 g/mol.